The average Bonchev–Trinajstić information content (AvgIpc) is 2.63. The summed E-state index contributed by atoms with van der Waals surface area (Å²) in [6.07, 6.45) is -4.53. The first-order chi connectivity index (χ1) is 13.2. The van der Waals surface area contributed by atoms with Gasteiger partial charge in [-0.05, 0) is 53.2 Å². The van der Waals surface area contributed by atoms with Crippen LogP contribution in [-0.4, -0.2) is 15.7 Å². The van der Waals surface area contributed by atoms with Gasteiger partial charge in [-0.3, -0.25) is 9.59 Å². The van der Waals surface area contributed by atoms with Crippen molar-refractivity contribution in [3.63, 3.8) is 0 Å². The smallest absolute Gasteiger partial charge is 0.319 e. The molecular formula is C19H13BrF3N3O2. The second-order valence-corrected chi connectivity index (χ2v) is 6.75. The van der Waals surface area contributed by atoms with E-state index in [1.165, 1.54) is 19.1 Å². The third kappa shape index (κ3) is 4.14. The van der Waals surface area contributed by atoms with E-state index < -0.39 is 28.8 Å². The largest absolute Gasteiger partial charge is 0.416 e. The maximum absolute atomic E-state index is 13.0. The molecule has 0 bridgehead atoms. The Morgan fingerprint density at radius 3 is 2.50 bits per heavy atom. The number of aromatic nitrogens is 2. The molecule has 5 nitrogen and oxygen atoms in total. The van der Waals surface area contributed by atoms with Gasteiger partial charge >= 0.3 is 6.18 Å². The van der Waals surface area contributed by atoms with Gasteiger partial charge in [0, 0.05) is 16.2 Å². The molecule has 0 atom stereocenters. The Hall–Kier alpha value is -2.94. The van der Waals surface area contributed by atoms with Crippen LogP contribution in [0.25, 0.3) is 5.69 Å². The molecule has 0 aliphatic rings. The molecule has 0 aliphatic heterocycles. The van der Waals surface area contributed by atoms with Crippen molar-refractivity contribution in [1.82, 2.24) is 9.78 Å². The number of halogens is 4. The van der Waals surface area contributed by atoms with E-state index >= 15 is 0 Å². The minimum absolute atomic E-state index is 0.0854. The highest BCUT2D eigenvalue weighted by Gasteiger charge is 2.30. The lowest BCUT2D eigenvalue weighted by atomic mass is 10.2. The normalized spacial score (nSPS) is 11.3. The summed E-state index contributed by atoms with van der Waals surface area (Å²) in [6, 6.07) is 12.4. The Labute approximate surface area is 165 Å². The zero-order valence-corrected chi connectivity index (χ0v) is 16.0. The van der Waals surface area contributed by atoms with Crippen molar-refractivity contribution in [2.45, 2.75) is 13.1 Å². The van der Waals surface area contributed by atoms with E-state index in [0.717, 1.165) is 22.9 Å². The van der Waals surface area contributed by atoms with Crippen LogP contribution in [-0.2, 0) is 6.18 Å². The van der Waals surface area contributed by atoms with E-state index in [0.29, 0.717) is 15.9 Å². The summed E-state index contributed by atoms with van der Waals surface area (Å²) in [4.78, 5) is 24.8. The Morgan fingerprint density at radius 1 is 1.11 bits per heavy atom. The number of nitrogens with zero attached hydrogens (tertiary/aromatic N) is 2. The lowest BCUT2D eigenvalue weighted by Gasteiger charge is -2.14. The molecule has 0 unspecified atom stereocenters. The van der Waals surface area contributed by atoms with Crippen molar-refractivity contribution in [1.29, 1.82) is 0 Å². The fourth-order valence-corrected chi connectivity index (χ4v) is 2.91. The molecule has 1 heterocycles. The number of amides is 1. The molecule has 28 heavy (non-hydrogen) atoms. The molecule has 0 saturated carbocycles. The van der Waals surface area contributed by atoms with Gasteiger partial charge < -0.3 is 5.32 Å². The maximum Gasteiger partial charge on any atom is 0.416 e. The minimum Gasteiger partial charge on any atom is -0.319 e. The number of para-hydroxylation sites is 1. The predicted octanol–water partition coefficient (Wildman–Crippen LogP) is 4.57. The quantitative estimate of drug-likeness (QED) is 0.633. The van der Waals surface area contributed by atoms with E-state index in [-0.39, 0.29) is 5.69 Å². The fourth-order valence-electron chi connectivity index (χ4n) is 2.52. The molecule has 0 saturated heterocycles. The number of carbonyl (C=O) groups is 1. The van der Waals surface area contributed by atoms with Gasteiger partial charge in [-0.1, -0.05) is 18.2 Å². The number of nitrogens with one attached hydrogen (secondary N) is 1. The highest BCUT2D eigenvalue weighted by atomic mass is 79.9. The van der Waals surface area contributed by atoms with Crippen LogP contribution in [0.3, 0.4) is 0 Å². The molecule has 0 aliphatic carbocycles. The molecule has 0 spiro atoms. The molecule has 3 aromatic rings. The van der Waals surface area contributed by atoms with Crippen LogP contribution >= 0.6 is 15.9 Å². The van der Waals surface area contributed by atoms with Gasteiger partial charge in [-0.2, -0.15) is 18.3 Å². The molecule has 1 amide bonds. The zero-order chi connectivity index (χ0) is 20.5. The number of hydrogen-bond acceptors (Lipinski definition) is 3. The van der Waals surface area contributed by atoms with Gasteiger partial charge in [0.25, 0.3) is 5.91 Å². The van der Waals surface area contributed by atoms with Gasteiger partial charge in [0.05, 0.1) is 16.9 Å². The SMILES string of the molecule is Cc1cc(=O)c(C(=O)Nc2ccccc2Br)nn1-c1cccc(C(F)(F)F)c1. The summed E-state index contributed by atoms with van der Waals surface area (Å²) in [5, 5.41) is 6.56. The van der Waals surface area contributed by atoms with E-state index in [4.69, 9.17) is 0 Å². The molecule has 2 aromatic carbocycles. The van der Waals surface area contributed by atoms with Crippen molar-refractivity contribution in [2.75, 3.05) is 5.32 Å². The van der Waals surface area contributed by atoms with Crippen molar-refractivity contribution >= 4 is 27.5 Å². The molecule has 0 radical (unpaired) electrons. The number of anilines is 1. The van der Waals surface area contributed by atoms with Gasteiger partial charge in [-0.25, -0.2) is 4.68 Å². The van der Waals surface area contributed by atoms with E-state index in [9.17, 15) is 22.8 Å². The summed E-state index contributed by atoms with van der Waals surface area (Å²) in [7, 11) is 0. The predicted molar refractivity (Wildman–Crippen MR) is 102 cm³/mol. The minimum atomic E-state index is -4.53. The van der Waals surface area contributed by atoms with E-state index in [1.807, 2.05) is 0 Å². The first-order valence-corrected chi connectivity index (χ1v) is 8.80. The first-order valence-electron chi connectivity index (χ1n) is 8.01. The van der Waals surface area contributed by atoms with Crippen molar-refractivity contribution in [2.24, 2.45) is 0 Å². The van der Waals surface area contributed by atoms with Crippen molar-refractivity contribution in [3.05, 3.63) is 86.2 Å². The van der Waals surface area contributed by atoms with Crippen molar-refractivity contribution in [3.8, 4) is 5.69 Å². The average molecular weight is 452 g/mol. The number of carbonyl (C=O) groups excluding carboxylic acids is 1. The molecule has 144 valence electrons. The summed E-state index contributed by atoms with van der Waals surface area (Å²) >= 11 is 3.28. The van der Waals surface area contributed by atoms with Crippen LogP contribution in [0.5, 0.6) is 0 Å². The number of rotatable bonds is 3. The number of hydrogen-bond donors (Lipinski definition) is 1. The van der Waals surface area contributed by atoms with Crippen molar-refractivity contribution < 1.29 is 18.0 Å². The highest BCUT2D eigenvalue weighted by Crippen LogP contribution is 2.30. The standard InChI is InChI=1S/C19H13BrF3N3O2/c1-11-9-16(27)17(18(28)24-15-8-3-2-7-14(15)20)25-26(11)13-6-4-5-12(10-13)19(21,22)23/h2-10H,1H3,(H,24,28). The summed E-state index contributed by atoms with van der Waals surface area (Å²) in [6.45, 7) is 1.52. The van der Waals surface area contributed by atoms with Crippen LogP contribution in [0.1, 0.15) is 21.7 Å². The fraction of sp³-hybridized carbons (Fsp3) is 0.105. The second kappa shape index (κ2) is 7.59. The third-order valence-electron chi connectivity index (χ3n) is 3.86. The Morgan fingerprint density at radius 2 is 1.82 bits per heavy atom. The van der Waals surface area contributed by atoms with E-state index in [1.54, 1.807) is 24.3 Å². The van der Waals surface area contributed by atoms with Gasteiger partial charge in [0.2, 0.25) is 5.43 Å². The lowest BCUT2D eigenvalue weighted by molar-refractivity contribution is -0.137. The zero-order valence-electron chi connectivity index (χ0n) is 14.4. The van der Waals surface area contributed by atoms with E-state index in [2.05, 4.69) is 26.3 Å². The molecule has 0 fully saturated rings. The number of benzene rings is 2. The number of aryl methyl sites for hydroxylation is 1. The number of alkyl halides is 3. The first kappa shape index (κ1) is 19.8. The Bertz CT molecular complexity index is 1110. The second-order valence-electron chi connectivity index (χ2n) is 5.89. The van der Waals surface area contributed by atoms with Gasteiger partial charge in [-0.15, -0.1) is 0 Å². The van der Waals surface area contributed by atoms with Crippen LogP contribution in [0.2, 0.25) is 0 Å². The summed E-state index contributed by atoms with van der Waals surface area (Å²) in [5.74, 6) is -0.766. The summed E-state index contributed by atoms with van der Waals surface area (Å²) in [5.41, 5.74) is -1.11. The van der Waals surface area contributed by atoms with Crippen LogP contribution < -0.4 is 10.7 Å². The maximum atomic E-state index is 13.0. The van der Waals surface area contributed by atoms with Crippen LogP contribution in [0.15, 0.2) is 63.9 Å². The molecule has 1 aromatic heterocycles. The Kier molecular flexibility index (Phi) is 5.37. The third-order valence-corrected chi connectivity index (χ3v) is 4.55. The van der Waals surface area contributed by atoms with Crippen LogP contribution in [0.4, 0.5) is 18.9 Å². The van der Waals surface area contributed by atoms with Gasteiger partial charge in [0.1, 0.15) is 0 Å². The summed E-state index contributed by atoms with van der Waals surface area (Å²) < 4.78 is 40.7. The lowest BCUT2D eigenvalue weighted by Crippen LogP contribution is -2.27. The Balaban J connectivity index is 2.03. The molecule has 3 rings (SSSR count). The van der Waals surface area contributed by atoms with Crippen LogP contribution in [0, 0.1) is 6.92 Å². The van der Waals surface area contributed by atoms with Gasteiger partial charge in [0.15, 0.2) is 5.69 Å². The molecule has 1 N–H and O–H groups in total. The molecule has 9 heteroatoms. The molecular weight excluding hydrogens is 439 g/mol. The monoisotopic (exact) mass is 451 g/mol. The highest BCUT2D eigenvalue weighted by molar-refractivity contribution is 9.10. The topological polar surface area (TPSA) is 64.0 Å².